The maximum atomic E-state index is 15.6. The summed E-state index contributed by atoms with van der Waals surface area (Å²) < 4.78 is 15.6. The Hall–Kier alpha value is -4.34. The molecule has 2 heterocycles. The van der Waals surface area contributed by atoms with Gasteiger partial charge in [-0.1, -0.05) is 23.7 Å². The smallest absolute Gasteiger partial charge is 0.335 e. The SMILES string of the molecule is CNCCCN(C)c1cccc(F)c1C1=CC(Cl)=NC=C2C1=CCc1cnc(Nc3ccc(C(=O)O)cc3)nc12. The molecule has 1 aromatic heterocycles. The Morgan fingerprint density at radius 2 is 1.95 bits per heavy atom. The second kappa shape index (κ2) is 11.8. The maximum Gasteiger partial charge on any atom is 0.335 e. The van der Waals surface area contributed by atoms with Gasteiger partial charge >= 0.3 is 5.97 Å². The molecule has 2 aromatic carbocycles. The van der Waals surface area contributed by atoms with Crippen LogP contribution in [0, 0.1) is 5.82 Å². The molecule has 1 aliphatic heterocycles. The average Bonchev–Trinajstić information content (AvgIpc) is 3.12. The lowest BCUT2D eigenvalue weighted by Gasteiger charge is -2.26. The Morgan fingerprint density at radius 3 is 2.70 bits per heavy atom. The number of benzene rings is 2. The Bertz CT molecular complexity index is 1580. The van der Waals surface area contributed by atoms with Crippen LogP contribution in [-0.2, 0) is 6.42 Å². The fourth-order valence-electron chi connectivity index (χ4n) is 4.79. The van der Waals surface area contributed by atoms with Crippen LogP contribution in [0.2, 0.25) is 0 Å². The highest BCUT2D eigenvalue weighted by molar-refractivity contribution is 6.69. The number of carbonyl (C=O) groups is 1. The first-order valence-corrected chi connectivity index (χ1v) is 13.2. The lowest BCUT2D eigenvalue weighted by Crippen LogP contribution is -2.23. The van der Waals surface area contributed by atoms with Gasteiger partial charge in [0.15, 0.2) is 0 Å². The zero-order chi connectivity index (χ0) is 28.2. The summed E-state index contributed by atoms with van der Waals surface area (Å²) in [7, 11) is 3.86. The van der Waals surface area contributed by atoms with Gasteiger partial charge in [-0.15, -0.1) is 0 Å². The molecule has 0 fully saturated rings. The van der Waals surface area contributed by atoms with Crippen molar-refractivity contribution in [2.75, 3.05) is 37.4 Å². The van der Waals surface area contributed by atoms with Gasteiger partial charge in [-0.2, -0.15) is 0 Å². The zero-order valence-electron chi connectivity index (χ0n) is 22.1. The number of carboxylic acids is 1. The first-order valence-electron chi connectivity index (χ1n) is 12.8. The second-order valence-electron chi connectivity index (χ2n) is 9.46. The second-order valence-corrected chi connectivity index (χ2v) is 9.85. The van der Waals surface area contributed by atoms with Gasteiger partial charge in [-0.3, -0.25) is 0 Å². The van der Waals surface area contributed by atoms with Crippen molar-refractivity contribution in [2.24, 2.45) is 4.99 Å². The summed E-state index contributed by atoms with van der Waals surface area (Å²) in [6, 6.07) is 11.4. The van der Waals surface area contributed by atoms with E-state index in [1.54, 1.807) is 36.7 Å². The fraction of sp³-hybridized carbons (Fsp3) is 0.200. The normalized spacial score (nSPS) is 14.1. The van der Waals surface area contributed by atoms with Gasteiger partial charge in [-0.05, 0) is 80.1 Å². The quantitative estimate of drug-likeness (QED) is 0.291. The Balaban J connectivity index is 1.51. The van der Waals surface area contributed by atoms with Crippen molar-refractivity contribution in [3.8, 4) is 0 Å². The maximum absolute atomic E-state index is 15.6. The van der Waals surface area contributed by atoms with E-state index in [0.29, 0.717) is 40.5 Å². The van der Waals surface area contributed by atoms with Gasteiger partial charge in [-0.25, -0.2) is 24.1 Å². The lowest BCUT2D eigenvalue weighted by molar-refractivity contribution is 0.0697. The van der Waals surface area contributed by atoms with E-state index in [2.05, 4.69) is 20.6 Å². The summed E-state index contributed by atoms with van der Waals surface area (Å²) in [6.45, 7) is 1.59. The minimum Gasteiger partial charge on any atom is -0.478 e. The Morgan fingerprint density at radius 1 is 1.15 bits per heavy atom. The molecule has 2 aliphatic rings. The van der Waals surface area contributed by atoms with E-state index in [4.69, 9.17) is 21.7 Å². The van der Waals surface area contributed by atoms with Gasteiger partial charge in [0.1, 0.15) is 11.0 Å². The van der Waals surface area contributed by atoms with Crippen LogP contribution in [0.25, 0.3) is 11.1 Å². The molecule has 3 N–H and O–H groups in total. The van der Waals surface area contributed by atoms with Crippen LogP contribution in [0.4, 0.5) is 21.7 Å². The molecule has 0 unspecified atom stereocenters. The predicted octanol–water partition coefficient (Wildman–Crippen LogP) is 5.66. The number of allylic oxidation sites excluding steroid dienone is 5. The monoisotopic (exact) mass is 558 g/mol. The predicted molar refractivity (Wildman–Crippen MR) is 158 cm³/mol. The van der Waals surface area contributed by atoms with Gasteiger partial charge < -0.3 is 20.6 Å². The van der Waals surface area contributed by atoms with Crippen molar-refractivity contribution in [1.82, 2.24) is 15.3 Å². The van der Waals surface area contributed by atoms with E-state index < -0.39 is 5.97 Å². The highest BCUT2D eigenvalue weighted by atomic mass is 35.5. The van der Waals surface area contributed by atoms with Crippen LogP contribution >= 0.6 is 11.6 Å². The number of aromatic carboxylic acids is 1. The summed E-state index contributed by atoms with van der Waals surface area (Å²) in [6.07, 6.45) is 8.59. The van der Waals surface area contributed by atoms with Crippen molar-refractivity contribution < 1.29 is 14.3 Å². The van der Waals surface area contributed by atoms with E-state index in [9.17, 15) is 4.79 Å². The van der Waals surface area contributed by atoms with Crippen LogP contribution in [0.1, 0.15) is 33.6 Å². The molecule has 0 atom stereocenters. The number of nitrogens with one attached hydrogen (secondary N) is 2. The number of fused-ring (bicyclic) bond motifs is 3. The minimum atomic E-state index is -0.999. The van der Waals surface area contributed by atoms with Gasteiger partial charge in [0, 0.05) is 54.1 Å². The number of hydrogen-bond donors (Lipinski definition) is 3. The Kier molecular flexibility index (Phi) is 8.04. The summed E-state index contributed by atoms with van der Waals surface area (Å²) >= 11 is 6.49. The molecule has 0 saturated carbocycles. The number of halogens is 2. The van der Waals surface area contributed by atoms with E-state index in [1.165, 1.54) is 18.2 Å². The topological polar surface area (TPSA) is 103 Å². The van der Waals surface area contributed by atoms with Crippen LogP contribution in [0.15, 0.2) is 77.6 Å². The van der Waals surface area contributed by atoms with Crippen molar-refractivity contribution in [3.63, 3.8) is 0 Å². The van der Waals surface area contributed by atoms with E-state index in [-0.39, 0.29) is 16.6 Å². The fourth-order valence-corrected chi connectivity index (χ4v) is 4.95. The number of aliphatic imine (C=N–C) groups is 1. The first-order chi connectivity index (χ1) is 19.4. The molecular weight excluding hydrogens is 531 g/mol. The average molecular weight is 559 g/mol. The molecule has 40 heavy (non-hydrogen) atoms. The zero-order valence-corrected chi connectivity index (χ0v) is 22.8. The molecule has 0 spiro atoms. The molecule has 0 amide bonds. The number of carboxylic acid groups (broad SMARTS) is 1. The molecule has 204 valence electrons. The standard InChI is InChI=1S/C30H28ClFN6O2/c1-33-13-4-14-38(2)25-6-3-5-24(32)27(25)22-15-26(31)34-17-23-21(22)12-9-19-16-35-30(37-28(19)23)36-20-10-7-18(8-11-20)29(39)40/h3,5-8,10-12,15-17,33H,4,9,13-14H2,1-2H3,(H,39,40)(H,35,36,37). The highest BCUT2D eigenvalue weighted by Crippen LogP contribution is 2.43. The molecule has 0 bridgehead atoms. The van der Waals surface area contributed by atoms with Crippen molar-refractivity contribution in [2.45, 2.75) is 12.8 Å². The number of hydrogen-bond acceptors (Lipinski definition) is 7. The van der Waals surface area contributed by atoms with Crippen LogP contribution in [-0.4, -0.2) is 53.4 Å². The highest BCUT2D eigenvalue weighted by Gasteiger charge is 2.28. The van der Waals surface area contributed by atoms with Crippen molar-refractivity contribution >= 4 is 51.2 Å². The molecule has 10 heteroatoms. The van der Waals surface area contributed by atoms with E-state index >= 15 is 4.39 Å². The van der Waals surface area contributed by atoms with Crippen LogP contribution in [0.5, 0.6) is 0 Å². The molecule has 1 aliphatic carbocycles. The lowest BCUT2D eigenvalue weighted by atomic mass is 9.84. The summed E-state index contributed by atoms with van der Waals surface area (Å²) in [5.41, 5.74) is 5.74. The summed E-state index contributed by atoms with van der Waals surface area (Å²) in [5.74, 6) is -1.01. The van der Waals surface area contributed by atoms with Gasteiger partial charge in [0.2, 0.25) is 5.95 Å². The van der Waals surface area contributed by atoms with E-state index in [0.717, 1.165) is 36.3 Å². The van der Waals surface area contributed by atoms with Crippen molar-refractivity contribution in [3.05, 3.63) is 101 Å². The molecular formula is C30H28ClFN6O2. The van der Waals surface area contributed by atoms with E-state index in [1.807, 2.05) is 31.1 Å². The minimum absolute atomic E-state index is 0.185. The Labute approximate surface area is 236 Å². The third kappa shape index (κ3) is 5.66. The third-order valence-electron chi connectivity index (χ3n) is 6.79. The van der Waals surface area contributed by atoms with Crippen LogP contribution < -0.4 is 15.5 Å². The van der Waals surface area contributed by atoms with Crippen molar-refractivity contribution in [1.29, 1.82) is 0 Å². The number of anilines is 3. The molecule has 5 rings (SSSR count). The number of aromatic nitrogens is 2. The number of nitrogens with zero attached hydrogens (tertiary/aromatic N) is 4. The molecule has 8 nitrogen and oxygen atoms in total. The molecule has 3 aromatic rings. The van der Waals surface area contributed by atoms with Crippen LogP contribution in [0.3, 0.4) is 0 Å². The summed E-state index contributed by atoms with van der Waals surface area (Å²) in [4.78, 5) is 26.9. The van der Waals surface area contributed by atoms with Gasteiger partial charge in [0.05, 0.1) is 11.3 Å². The molecule has 0 saturated heterocycles. The molecule has 0 radical (unpaired) electrons. The largest absolute Gasteiger partial charge is 0.478 e. The van der Waals surface area contributed by atoms with Gasteiger partial charge in [0.25, 0.3) is 0 Å². The first kappa shape index (κ1) is 27.2. The summed E-state index contributed by atoms with van der Waals surface area (Å²) in [5, 5.41) is 15.7. The number of rotatable bonds is 9. The third-order valence-corrected chi connectivity index (χ3v) is 6.99.